The molecule has 3 heteroatoms. The van der Waals surface area contributed by atoms with E-state index in [4.69, 9.17) is 5.73 Å². The van der Waals surface area contributed by atoms with Gasteiger partial charge in [0.25, 0.3) is 0 Å². The zero-order chi connectivity index (χ0) is 9.47. The lowest BCUT2D eigenvalue weighted by Gasteiger charge is -2.08. The Hall–Kier alpha value is -0.540. The molecule has 13 heavy (non-hydrogen) atoms. The van der Waals surface area contributed by atoms with E-state index in [1.54, 1.807) is 0 Å². The van der Waals surface area contributed by atoms with Gasteiger partial charge in [-0.05, 0) is 46.5 Å². The molecule has 0 aliphatic heterocycles. The summed E-state index contributed by atoms with van der Waals surface area (Å²) >= 11 is 3.34. The Labute approximate surface area is 85.9 Å². The molecular formula is C10H12BrNO. The van der Waals surface area contributed by atoms with E-state index >= 15 is 0 Å². The fourth-order valence-electron chi connectivity index (χ4n) is 1.40. The van der Waals surface area contributed by atoms with Gasteiger partial charge in [-0.25, -0.2) is 0 Å². The van der Waals surface area contributed by atoms with Crippen molar-refractivity contribution < 1.29 is 5.11 Å². The minimum atomic E-state index is -0.430. The van der Waals surface area contributed by atoms with Crippen molar-refractivity contribution in [3.63, 3.8) is 0 Å². The normalized spacial score (nSPS) is 18.6. The lowest BCUT2D eigenvalue weighted by molar-refractivity contribution is 0.151. The lowest BCUT2D eigenvalue weighted by atomic mass is 10.1. The smallest absolute Gasteiger partial charge is 0.0690 e. The molecule has 0 atom stereocenters. The molecule has 1 aromatic carbocycles. The van der Waals surface area contributed by atoms with Crippen LogP contribution in [0.1, 0.15) is 18.4 Å². The van der Waals surface area contributed by atoms with Crippen LogP contribution in [0.4, 0.5) is 5.69 Å². The Morgan fingerprint density at radius 1 is 1.46 bits per heavy atom. The van der Waals surface area contributed by atoms with E-state index in [-0.39, 0.29) is 0 Å². The third-order valence-electron chi connectivity index (χ3n) is 2.42. The van der Waals surface area contributed by atoms with Crippen LogP contribution >= 0.6 is 15.9 Å². The average molecular weight is 242 g/mol. The summed E-state index contributed by atoms with van der Waals surface area (Å²) in [4.78, 5) is 0. The summed E-state index contributed by atoms with van der Waals surface area (Å²) in [5, 5.41) is 9.69. The van der Waals surface area contributed by atoms with Crippen molar-refractivity contribution in [3.05, 3.63) is 28.2 Å². The van der Waals surface area contributed by atoms with Crippen LogP contribution in [0.3, 0.4) is 0 Å². The predicted molar refractivity (Wildman–Crippen MR) is 56.4 cm³/mol. The van der Waals surface area contributed by atoms with Gasteiger partial charge in [0.15, 0.2) is 0 Å². The Morgan fingerprint density at radius 3 is 2.69 bits per heavy atom. The maximum atomic E-state index is 9.69. The molecular weight excluding hydrogens is 230 g/mol. The summed E-state index contributed by atoms with van der Waals surface area (Å²) in [6.45, 7) is 0. The Balaban J connectivity index is 2.17. The van der Waals surface area contributed by atoms with Crippen molar-refractivity contribution in [3.8, 4) is 0 Å². The van der Waals surface area contributed by atoms with Gasteiger partial charge in [-0.15, -0.1) is 0 Å². The van der Waals surface area contributed by atoms with Crippen molar-refractivity contribution in [1.82, 2.24) is 0 Å². The van der Waals surface area contributed by atoms with Gasteiger partial charge in [0.1, 0.15) is 0 Å². The second-order valence-corrected chi connectivity index (χ2v) is 4.61. The predicted octanol–water partition coefficient (Wildman–Crippen LogP) is 2.10. The highest BCUT2D eigenvalue weighted by Crippen LogP contribution is 2.38. The van der Waals surface area contributed by atoms with E-state index in [1.807, 2.05) is 18.2 Å². The minimum Gasteiger partial charge on any atom is -0.398 e. The Kier molecular flexibility index (Phi) is 2.08. The monoisotopic (exact) mass is 241 g/mol. The van der Waals surface area contributed by atoms with Crippen LogP contribution in [0.5, 0.6) is 0 Å². The van der Waals surface area contributed by atoms with Gasteiger partial charge in [0.2, 0.25) is 0 Å². The molecule has 2 nitrogen and oxygen atoms in total. The number of hydrogen-bond donors (Lipinski definition) is 2. The van der Waals surface area contributed by atoms with Crippen molar-refractivity contribution in [1.29, 1.82) is 0 Å². The van der Waals surface area contributed by atoms with Crippen molar-refractivity contribution >= 4 is 21.6 Å². The number of hydrogen-bond acceptors (Lipinski definition) is 2. The van der Waals surface area contributed by atoms with Gasteiger partial charge in [0.05, 0.1) is 5.60 Å². The van der Waals surface area contributed by atoms with Gasteiger partial charge >= 0.3 is 0 Å². The Morgan fingerprint density at radius 2 is 2.15 bits per heavy atom. The average Bonchev–Trinajstić information content (AvgIpc) is 2.76. The summed E-state index contributed by atoms with van der Waals surface area (Å²) in [7, 11) is 0. The summed E-state index contributed by atoms with van der Waals surface area (Å²) in [6, 6.07) is 5.84. The molecule has 70 valence electrons. The van der Waals surface area contributed by atoms with E-state index in [0.29, 0.717) is 0 Å². The number of anilines is 1. The fraction of sp³-hybridized carbons (Fsp3) is 0.400. The second-order valence-electron chi connectivity index (χ2n) is 3.76. The third-order valence-corrected chi connectivity index (χ3v) is 3.14. The molecule has 0 aromatic heterocycles. The first-order chi connectivity index (χ1) is 6.09. The van der Waals surface area contributed by atoms with E-state index in [0.717, 1.165) is 35.0 Å². The second kappa shape index (κ2) is 3.00. The molecule has 2 rings (SSSR count). The molecule has 0 spiro atoms. The van der Waals surface area contributed by atoms with E-state index in [1.165, 1.54) is 0 Å². The van der Waals surface area contributed by atoms with Crippen LogP contribution in [-0.2, 0) is 6.42 Å². The molecule has 0 unspecified atom stereocenters. The molecule has 1 fully saturated rings. The molecule has 1 aliphatic rings. The number of aliphatic hydroxyl groups is 1. The SMILES string of the molecule is Nc1cc(CC2(O)CC2)ccc1Br. The first-order valence-electron chi connectivity index (χ1n) is 4.35. The van der Waals surface area contributed by atoms with Gasteiger partial charge in [-0.2, -0.15) is 0 Å². The molecule has 1 saturated carbocycles. The van der Waals surface area contributed by atoms with Crippen LogP contribution in [0, 0.1) is 0 Å². The lowest BCUT2D eigenvalue weighted by Crippen LogP contribution is -2.10. The van der Waals surface area contributed by atoms with Gasteiger partial charge in [-0.1, -0.05) is 6.07 Å². The maximum Gasteiger partial charge on any atom is 0.0690 e. The van der Waals surface area contributed by atoms with Crippen LogP contribution in [0.2, 0.25) is 0 Å². The number of nitrogen functional groups attached to an aromatic ring is 1. The molecule has 0 amide bonds. The van der Waals surface area contributed by atoms with Crippen LogP contribution in [0.25, 0.3) is 0 Å². The summed E-state index contributed by atoms with van der Waals surface area (Å²) in [6.07, 6.45) is 2.57. The van der Waals surface area contributed by atoms with Crippen molar-refractivity contribution in [2.24, 2.45) is 0 Å². The molecule has 0 saturated heterocycles. The molecule has 1 aliphatic carbocycles. The molecule has 0 heterocycles. The quantitative estimate of drug-likeness (QED) is 0.780. The highest BCUT2D eigenvalue weighted by molar-refractivity contribution is 9.10. The summed E-state index contributed by atoms with van der Waals surface area (Å²) in [5.41, 5.74) is 7.15. The molecule has 0 radical (unpaired) electrons. The molecule has 1 aromatic rings. The minimum absolute atomic E-state index is 0.430. The first-order valence-corrected chi connectivity index (χ1v) is 5.15. The first kappa shape index (κ1) is 9.03. The van der Waals surface area contributed by atoms with Crippen LogP contribution in [-0.4, -0.2) is 10.7 Å². The molecule has 0 bridgehead atoms. The number of halogens is 1. The van der Waals surface area contributed by atoms with Gasteiger partial charge in [-0.3, -0.25) is 0 Å². The number of rotatable bonds is 2. The highest BCUT2D eigenvalue weighted by Gasteiger charge is 2.40. The summed E-state index contributed by atoms with van der Waals surface area (Å²) < 4.78 is 0.916. The maximum absolute atomic E-state index is 9.69. The standard InChI is InChI=1S/C10H12BrNO/c11-8-2-1-7(5-9(8)12)6-10(13)3-4-10/h1-2,5,13H,3-4,6,12H2. The number of benzene rings is 1. The largest absolute Gasteiger partial charge is 0.398 e. The number of nitrogens with two attached hydrogens (primary N) is 1. The summed E-state index contributed by atoms with van der Waals surface area (Å²) in [5.74, 6) is 0. The van der Waals surface area contributed by atoms with Crippen molar-refractivity contribution in [2.75, 3.05) is 5.73 Å². The zero-order valence-corrected chi connectivity index (χ0v) is 8.84. The van der Waals surface area contributed by atoms with E-state index in [9.17, 15) is 5.11 Å². The van der Waals surface area contributed by atoms with Crippen LogP contribution < -0.4 is 5.73 Å². The topological polar surface area (TPSA) is 46.2 Å². The van der Waals surface area contributed by atoms with E-state index in [2.05, 4.69) is 15.9 Å². The fourth-order valence-corrected chi connectivity index (χ4v) is 1.65. The zero-order valence-electron chi connectivity index (χ0n) is 7.26. The van der Waals surface area contributed by atoms with E-state index < -0.39 is 5.60 Å². The van der Waals surface area contributed by atoms with Gasteiger partial charge in [0, 0.05) is 16.6 Å². The van der Waals surface area contributed by atoms with Crippen molar-refractivity contribution in [2.45, 2.75) is 24.9 Å². The Bertz CT molecular complexity index is 334. The van der Waals surface area contributed by atoms with Gasteiger partial charge < -0.3 is 10.8 Å². The highest BCUT2D eigenvalue weighted by atomic mass is 79.9. The molecule has 3 N–H and O–H groups in total. The van der Waals surface area contributed by atoms with Crippen LogP contribution in [0.15, 0.2) is 22.7 Å². The third kappa shape index (κ3) is 2.03.